The van der Waals surface area contributed by atoms with Gasteiger partial charge in [-0.1, -0.05) is 13.3 Å². The van der Waals surface area contributed by atoms with Gasteiger partial charge in [0.1, 0.15) is 16.4 Å². The van der Waals surface area contributed by atoms with E-state index >= 15 is 0 Å². The third-order valence-electron chi connectivity index (χ3n) is 9.44. The zero-order valence-corrected chi connectivity index (χ0v) is 29.3. The molecular formula is C35H49N3O8S. The van der Waals surface area contributed by atoms with E-state index in [1.54, 1.807) is 12.1 Å². The maximum absolute atomic E-state index is 14.8. The maximum Gasteiger partial charge on any atom is 0.274 e. The van der Waals surface area contributed by atoms with Crippen LogP contribution >= 0.6 is 0 Å². The highest BCUT2D eigenvalue weighted by Crippen LogP contribution is 2.56. The number of nitrogens with one attached hydrogen (secondary N) is 1. The smallest absolute Gasteiger partial charge is 0.274 e. The minimum atomic E-state index is -4.45. The van der Waals surface area contributed by atoms with E-state index in [2.05, 4.69) is 10.2 Å². The van der Waals surface area contributed by atoms with Crippen LogP contribution in [0.4, 0.5) is 5.69 Å². The quantitative estimate of drug-likeness (QED) is 0.367. The monoisotopic (exact) mass is 671 g/mol. The Balaban J connectivity index is 1.48. The van der Waals surface area contributed by atoms with Gasteiger partial charge in [-0.2, -0.15) is 0 Å². The van der Waals surface area contributed by atoms with Crippen LogP contribution in [0.2, 0.25) is 0 Å². The SMILES string of the molecule is CCOc1ccc2c(c1)C1(CC[C@H](OCCN3CCOCC3)C[C@H]1CC)C(=O)N2S(=O)(=O)c1ccc(C(=O)NC(C)(C)C)cc1OC. The van der Waals surface area contributed by atoms with E-state index in [9.17, 15) is 18.0 Å². The summed E-state index contributed by atoms with van der Waals surface area (Å²) in [6.07, 6.45) is 2.35. The van der Waals surface area contributed by atoms with Crippen LogP contribution in [0, 0.1) is 5.92 Å². The Morgan fingerprint density at radius 2 is 1.85 bits per heavy atom. The summed E-state index contributed by atoms with van der Waals surface area (Å²) in [4.78, 5) is 29.8. The van der Waals surface area contributed by atoms with Gasteiger partial charge in [-0.05, 0) is 94.8 Å². The summed E-state index contributed by atoms with van der Waals surface area (Å²) in [6.45, 7) is 14.6. The first-order chi connectivity index (χ1) is 22.3. The fourth-order valence-corrected chi connectivity index (χ4v) is 8.82. The lowest BCUT2D eigenvalue weighted by Gasteiger charge is -2.43. The number of sulfonamides is 1. The number of ether oxygens (including phenoxy) is 4. The van der Waals surface area contributed by atoms with Crippen LogP contribution in [0.1, 0.15) is 76.2 Å². The Morgan fingerprint density at radius 1 is 1.11 bits per heavy atom. The van der Waals surface area contributed by atoms with Crippen molar-refractivity contribution in [2.24, 2.45) is 5.92 Å². The Labute approximate surface area is 278 Å². The molecule has 1 spiro atoms. The second-order valence-corrected chi connectivity index (χ2v) is 15.3. The third kappa shape index (κ3) is 7.02. The number of anilines is 1. The molecule has 1 aliphatic carbocycles. The zero-order chi connectivity index (χ0) is 34.0. The predicted octanol–water partition coefficient (Wildman–Crippen LogP) is 4.52. The van der Waals surface area contributed by atoms with E-state index in [1.165, 1.54) is 25.3 Å². The van der Waals surface area contributed by atoms with Crippen molar-refractivity contribution in [3.63, 3.8) is 0 Å². The van der Waals surface area contributed by atoms with Gasteiger partial charge in [0.2, 0.25) is 0 Å². The van der Waals surface area contributed by atoms with E-state index in [1.807, 2.05) is 40.7 Å². The average molecular weight is 672 g/mol. The molecule has 1 saturated heterocycles. The molecule has 2 fully saturated rings. The van der Waals surface area contributed by atoms with Gasteiger partial charge in [0.05, 0.1) is 50.7 Å². The second kappa shape index (κ2) is 14.1. The average Bonchev–Trinajstić information content (AvgIpc) is 3.29. The molecule has 2 aliphatic heterocycles. The molecule has 2 amide bonds. The van der Waals surface area contributed by atoms with Crippen molar-refractivity contribution in [1.82, 2.24) is 10.2 Å². The standard InChI is InChI=1S/C35H49N3O8S/c1-7-25-22-27(46-20-17-37-15-18-44-19-16-37)13-14-35(25)28-23-26(45-8-2)10-11-29(28)38(33(35)40)47(41,42)31-12-9-24(21-30(31)43-6)32(39)36-34(3,4)5/h9-12,21,23,25,27H,7-8,13-20,22H2,1-6H3,(H,36,39)/t25-,27+,35?/m1/s1. The van der Waals surface area contributed by atoms with Gasteiger partial charge in [-0.15, -0.1) is 0 Å². The van der Waals surface area contributed by atoms with E-state index in [0.29, 0.717) is 55.9 Å². The van der Waals surface area contributed by atoms with Gasteiger partial charge < -0.3 is 24.3 Å². The highest BCUT2D eigenvalue weighted by molar-refractivity contribution is 7.93. The Bertz CT molecular complexity index is 1570. The third-order valence-corrected chi connectivity index (χ3v) is 11.2. The van der Waals surface area contributed by atoms with E-state index in [4.69, 9.17) is 18.9 Å². The molecule has 3 aliphatic rings. The number of hydrogen-bond donors (Lipinski definition) is 1. The topological polar surface area (TPSA) is 124 Å². The number of carbonyl (C=O) groups excluding carboxylic acids is 2. The van der Waals surface area contributed by atoms with Crippen LogP contribution < -0.4 is 19.1 Å². The minimum absolute atomic E-state index is 0.0165. The molecule has 47 heavy (non-hydrogen) atoms. The second-order valence-electron chi connectivity index (χ2n) is 13.6. The molecule has 5 rings (SSSR count). The molecule has 1 N–H and O–H groups in total. The van der Waals surface area contributed by atoms with Crippen molar-refractivity contribution in [1.29, 1.82) is 0 Å². The van der Waals surface area contributed by atoms with Crippen molar-refractivity contribution in [3.05, 3.63) is 47.5 Å². The van der Waals surface area contributed by atoms with E-state index < -0.39 is 26.9 Å². The summed E-state index contributed by atoms with van der Waals surface area (Å²) in [5, 5.41) is 2.88. The summed E-state index contributed by atoms with van der Waals surface area (Å²) in [5.74, 6) is -0.422. The summed E-state index contributed by atoms with van der Waals surface area (Å²) < 4.78 is 53.2. The predicted molar refractivity (Wildman–Crippen MR) is 179 cm³/mol. The number of fused-ring (bicyclic) bond motifs is 2. The first-order valence-electron chi connectivity index (χ1n) is 16.6. The Morgan fingerprint density at radius 3 is 2.51 bits per heavy atom. The maximum atomic E-state index is 14.8. The van der Waals surface area contributed by atoms with E-state index in [-0.39, 0.29) is 34.1 Å². The van der Waals surface area contributed by atoms with Gasteiger partial charge >= 0.3 is 0 Å². The number of amides is 2. The molecule has 2 heterocycles. The molecule has 1 saturated carbocycles. The molecule has 2 aromatic rings. The largest absolute Gasteiger partial charge is 0.495 e. The molecule has 0 radical (unpaired) electrons. The van der Waals surface area contributed by atoms with Gasteiger partial charge in [0, 0.05) is 30.7 Å². The summed E-state index contributed by atoms with van der Waals surface area (Å²) >= 11 is 0. The lowest BCUT2D eigenvalue weighted by molar-refractivity contribution is -0.127. The van der Waals surface area contributed by atoms with Gasteiger partial charge in [0.25, 0.3) is 21.8 Å². The Hall–Kier alpha value is -3.19. The van der Waals surface area contributed by atoms with Gasteiger partial charge in [-0.25, -0.2) is 12.7 Å². The molecule has 12 heteroatoms. The molecular weight excluding hydrogens is 622 g/mol. The number of hydrogen-bond acceptors (Lipinski definition) is 9. The summed E-state index contributed by atoms with van der Waals surface area (Å²) in [6, 6.07) is 9.40. The Kier molecular flexibility index (Phi) is 10.5. The highest BCUT2D eigenvalue weighted by atomic mass is 32.2. The molecule has 2 aromatic carbocycles. The summed E-state index contributed by atoms with van der Waals surface area (Å²) in [7, 11) is -3.10. The van der Waals surface area contributed by atoms with E-state index in [0.717, 1.165) is 37.2 Å². The molecule has 11 nitrogen and oxygen atoms in total. The molecule has 1 unspecified atom stereocenters. The highest BCUT2D eigenvalue weighted by Gasteiger charge is 2.60. The molecule has 0 aromatic heterocycles. The van der Waals surface area contributed by atoms with Crippen molar-refractivity contribution in [2.75, 3.05) is 57.5 Å². The number of morpholine rings is 1. The minimum Gasteiger partial charge on any atom is -0.495 e. The number of rotatable bonds is 11. The normalized spacial score (nSPS) is 23.5. The van der Waals surface area contributed by atoms with Gasteiger partial charge in [0.15, 0.2) is 0 Å². The van der Waals surface area contributed by atoms with Crippen LogP contribution in [0.25, 0.3) is 0 Å². The van der Waals surface area contributed by atoms with Gasteiger partial charge in [-0.3, -0.25) is 14.5 Å². The first-order valence-corrected chi connectivity index (χ1v) is 18.1. The van der Waals surface area contributed by atoms with Crippen LogP contribution in [-0.2, 0) is 29.7 Å². The van der Waals surface area contributed by atoms with Crippen molar-refractivity contribution in [3.8, 4) is 11.5 Å². The van der Waals surface area contributed by atoms with Crippen LogP contribution in [0.15, 0.2) is 41.3 Å². The first kappa shape index (κ1) is 35.1. The zero-order valence-electron chi connectivity index (χ0n) is 28.5. The number of methoxy groups -OCH3 is 1. The van der Waals surface area contributed by atoms with Crippen LogP contribution in [0.3, 0.4) is 0 Å². The fourth-order valence-electron chi connectivity index (χ4n) is 7.19. The number of benzene rings is 2. The lowest BCUT2D eigenvalue weighted by atomic mass is 9.61. The van der Waals surface area contributed by atoms with Crippen LogP contribution in [-0.4, -0.2) is 89.9 Å². The number of nitrogens with zero attached hydrogens (tertiary/aromatic N) is 2. The van der Waals surface area contributed by atoms with Crippen LogP contribution in [0.5, 0.6) is 11.5 Å². The summed E-state index contributed by atoms with van der Waals surface area (Å²) in [5.41, 5.74) is -0.317. The fraction of sp³-hybridized carbons (Fsp3) is 0.600. The van der Waals surface area contributed by atoms with Crippen molar-refractivity contribution < 1.29 is 37.0 Å². The number of carbonyl (C=O) groups is 2. The van der Waals surface area contributed by atoms with Crippen molar-refractivity contribution in [2.45, 2.75) is 82.3 Å². The van der Waals surface area contributed by atoms with Crippen molar-refractivity contribution >= 4 is 27.5 Å². The molecule has 0 bridgehead atoms. The molecule has 258 valence electrons. The molecule has 3 atom stereocenters. The lowest BCUT2D eigenvalue weighted by Crippen LogP contribution is -2.51.